The molecule has 4 rings (SSSR count). The van der Waals surface area contributed by atoms with Gasteiger partial charge in [-0.1, -0.05) is 17.7 Å². The molecule has 31 heavy (non-hydrogen) atoms. The number of halogens is 1. The maximum Gasteiger partial charge on any atom is 0.271 e. The molecule has 1 N–H and O–H groups in total. The third-order valence-corrected chi connectivity index (χ3v) is 6.08. The summed E-state index contributed by atoms with van der Waals surface area (Å²) in [6.45, 7) is 5.37. The zero-order valence-electron chi connectivity index (χ0n) is 16.9. The lowest BCUT2D eigenvalue weighted by atomic mass is 10.1. The van der Waals surface area contributed by atoms with Gasteiger partial charge in [-0.2, -0.15) is 10.4 Å². The third-order valence-electron chi connectivity index (χ3n) is 4.87. The Hall–Kier alpha value is -2.93. The number of rotatable bonds is 6. The molecule has 8 nitrogen and oxygen atoms in total. The van der Waals surface area contributed by atoms with Gasteiger partial charge in [-0.3, -0.25) is 9.48 Å². The van der Waals surface area contributed by atoms with Gasteiger partial charge < -0.3 is 15.0 Å². The first-order chi connectivity index (χ1) is 15.0. The predicted molar refractivity (Wildman–Crippen MR) is 119 cm³/mol. The van der Waals surface area contributed by atoms with Crippen LogP contribution in [0.3, 0.4) is 0 Å². The van der Waals surface area contributed by atoms with E-state index < -0.39 is 0 Å². The van der Waals surface area contributed by atoms with Crippen molar-refractivity contribution in [2.24, 2.45) is 0 Å². The summed E-state index contributed by atoms with van der Waals surface area (Å²) in [4.78, 5) is 19.2. The molecular formula is C21H21ClN6O2S. The fraction of sp³-hybridized carbons (Fsp3) is 0.333. The molecule has 1 fully saturated rings. The normalized spacial score (nSPS) is 14.8. The molecule has 160 valence electrons. The number of aromatic nitrogens is 3. The van der Waals surface area contributed by atoms with Crippen LogP contribution in [0.2, 0.25) is 5.02 Å². The highest BCUT2D eigenvalue weighted by molar-refractivity contribution is 7.13. The van der Waals surface area contributed by atoms with Gasteiger partial charge in [0.05, 0.1) is 36.0 Å². The molecule has 0 radical (unpaired) electrons. The average Bonchev–Trinajstić information content (AvgIpc) is 3.44. The van der Waals surface area contributed by atoms with Gasteiger partial charge in [0.15, 0.2) is 5.13 Å². The molecule has 3 aromatic rings. The Bertz CT molecular complexity index is 1120. The highest BCUT2D eigenvalue weighted by atomic mass is 35.5. The van der Waals surface area contributed by atoms with Gasteiger partial charge in [0.25, 0.3) is 5.91 Å². The number of carbonyl (C=O) groups excluding carboxylic acids is 1. The van der Waals surface area contributed by atoms with Crippen LogP contribution >= 0.6 is 22.9 Å². The number of morpholine rings is 1. The summed E-state index contributed by atoms with van der Waals surface area (Å²) in [7, 11) is 0. The molecule has 3 heterocycles. The molecule has 1 saturated heterocycles. The van der Waals surface area contributed by atoms with Crippen molar-refractivity contribution >= 4 is 34.0 Å². The monoisotopic (exact) mass is 456 g/mol. The van der Waals surface area contributed by atoms with Crippen LogP contribution in [0, 0.1) is 11.3 Å². The number of hydrogen-bond donors (Lipinski definition) is 1. The highest BCUT2D eigenvalue weighted by Gasteiger charge is 2.19. The fourth-order valence-corrected chi connectivity index (χ4v) is 4.36. The standard InChI is InChI=1S/C21H21ClN6O2S/c1-14(24-20(29)19-13-31-21(25-19)27-6-8-30-9-7-27)12-28-5-4-18(26-28)15-2-3-16(11-23)17(22)10-15/h2-5,10,13-14H,6-9,12H2,1H3,(H,24,29). The summed E-state index contributed by atoms with van der Waals surface area (Å²) in [6, 6.07) is 9.01. The number of carbonyl (C=O) groups is 1. The summed E-state index contributed by atoms with van der Waals surface area (Å²) < 4.78 is 7.13. The maximum atomic E-state index is 12.6. The van der Waals surface area contributed by atoms with Crippen LogP contribution in [-0.2, 0) is 11.3 Å². The molecule has 1 unspecified atom stereocenters. The first kappa shape index (κ1) is 21.3. The Labute approximate surface area is 189 Å². The van der Waals surface area contributed by atoms with E-state index in [0.717, 1.165) is 29.5 Å². The molecular weight excluding hydrogens is 436 g/mol. The van der Waals surface area contributed by atoms with Crippen molar-refractivity contribution in [1.29, 1.82) is 5.26 Å². The Morgan fingerprint density at radius 1 is 1.39 bits per heavy atom. The molecule has 1 aliphatic rings. The van der Waals surface area contributed by atoms with Crippen LogP contribution < -0.4 is 10.2 Å². The van der Waals surface area contributed by atoms with E-state index >= 15 is 0 Å². The molecule has 0 aliphatic carbocycles. The van der Waals surface area contributed by atoms with E-state index in [1.54, 1.807) is 22.2 Å². The van der Waals surface area contributed by atoms with Gasteiger partial charge in [-0.25, -0.2) is 4.98 Å². The second-order valence-electron chi connectivity index (χ2n) is 7.22. The van der Waals surface area contributed by atoms with Crippen molar-refractivity contribution in [1.82, 2.24) is 20.1 Å². The second-order valence-corrected chi connectivity index (χ2v) is 8.46. The zero-order chi connectivity index (χ0) is 21.8. The van der Waals surface area contributed by atoms with Crippen molar-refractivity contribution in [3.05, 3.63) is 52.1 Å². The van der Waals surface area contributed by atoms with E-state index in [1.165, 1.54) is 11.3 Å². The molecule has 1 aliphatic heterocycles. The minimum atomic E-state index is -0.200. The molecule has 0 saturated carbocycles. The molecule has 1 amide bonds. The first-order valence-electron chi connectivity index (χ1n) is 9.86. The minimum absolute atomic E-state index is 0.140. The average molecular weight is 457 g/mol. The van der Waals surface area contributed by atoms with Crippen LogP contribution in [0.1, 0.15) is 23.0 Å². The number of hydrogen-bond acceptors (Lipinski definition) is 7. The van der Waals surface area contributed by atoms with E-state index in [0.29, 0.717) is 36.0 Å². The predicted octanol–water partition coefficient (Wildman–Crippen LogP) is 3.19. The Morgan fingerprint density at radius 3 is 2.94 bits per heavy atom. The van der Waals surface area contributed by atoms with Crippen molar-refractivity contribution in [3.63, 3.8) is 0 Å². The van der Waals surface area contributed by atoms with Crippen LogP contribution in [0.5, 0.6) is 0 Å². The Kier molecular flexibility index (Phi) is 6.51. The summed E-state index contributed by atoms with van der Waals surface area (Å²) in [5.74, 6) is -0.200. The van der Waals surface area contributed by atoms with Gasteiger partial charge in [0.1, 0.15) is 11.8 Å². The molecule has 0 spiro atoms. The number of anilines is 1. The lowest BCUT2D eigenvalue weighted by Gasteiger charge is -2.25. The van der Waals surface area contributed by atoms with Crippen molar-refractivity contribution in [3.8, 4) is 17.3 Å². The van der Waals surface area contributed by atoms with Crippen LogP contribution in [0.25, 0.3) is 11.3 Å². The van der Waals surface area contributed by atoms with Crippen molar-refractivity contribution in [2.45, 2.75) is 19.5 Å². The third kappa shape index (κ3) is 5.05. The number of nitrogens with one attached hydrogen (secondary N) is 1. The number of nitrogens with zero attached hydrogens (tertiary/aromatic N) is 5. The highest BCUT2D eigenvalue weighted by Crippen LogP contribution is 2.24. The van der Waals surface area contributed by atoms with Crippen LogP contribution in [0.4, 0.5) is 5.13 Å². The van der Waals surface area contributed by atoms with Gasteiger partial charge in [-0.05, 0) is 25.1 Å². The maximum absolute atomic E-state index is 12.6. The summed E-state index contributed by atoms with van der Waals surface area (Å²) in [5.41, 5.74) is 2.43. The lowest BCUT2D eigenvalue weighted by molar-refractivity contribution is 0.0931. The van der Waals surface area contributed by atoms with Crippen LogP contribution in [-0.4, -0.2) is 53.0 Å². The van der Waals surface area contributed by atoms with E-state index in [9.17, 15) is 4.79 Å². The molecule has 1 atom stereocenters. The minimum Gasteiger partial charge on any atom is -0.378 e. The lowest BCUT2D eigenvalue weighted by Crippen LogP contribution is -2.37. The summed E-state index contributed by atoms with van der Waals surface area (Å²) in [6.07, 6.45) is 1.85. The first-order valence-corrected chi connectivity index (χ1v) is 11.1. The number of benzene rings is 1. The largest absolute Gasteiger partial charge is 0.378 e. The fourth-order valence-electron chi connectivity index (χ4n) is 3.27. The molecule has 10 heteroatoms. The Balaban J connectivity index is 1.35. The smallest absolute Gasteiger partial charge is 0.271 e. The summed E-state index contributed by atoms with van der Waals surface area (Å²) in [5, 5.41) is 19.6. The topological polar surface area (TPSA) is 96.1 Å². The zero-order valence-corrected chi connectivity index (χ0v) is 18.5. The van der Waals surface area contributed by atoms with E-state index in [-0.39, 0.29) is 11.9 Å². The second kappa shape index (κ2) is 9.47. The van der Waals surface area contributed by atoms with E-state index in [2.05, 4.69) is 20.3 Å². The van der Waals surface area contributed by atoms with E-state index in [4.69, 9.17) is 21.6 Å². The quantitative estimate of drug-likeness (QED) is 0.612. The van der Waals surface area contributed by atoms with Crippen LogP contribution in [0.15, 0.2) is 35.8 Å². The van der Waals surface area contributed by atoms with Gasteiger partial charge in [0.2, 0.25) is 0 Å². The number of nitriles is 1. The van der Waals surface area contributed by atoms with Gasteiger partial charge in [-0.15, -0.1) is 11.3 Å². The number of ether oxygens (including phenoxy) is 1. The van der Waals surface area contributed by atoms with Crippen molar-refractivity contribution < 1.29 is 9.53 Å². The van der Waals surface area contributed by atoms with Gasteiger partial charge >= 0.3 is 0 Å². The summed E-state index contributed by atoms with van der Waals surface area (Å²) >= 11 is 7.59. The Morgan fingerprint density at radius 2 is 2.19 bits per heavy atom. The number of thiazole rings is 1. The van der Waals surface area contributed by atoms with Gasteiger partial charge in [0, 0.05) is 36.3 Å². The molecule has 2 aromatic heterocycles. The number of amides is 1. The molecule has 0 bridgehead atoms. The SMILES string of the molecule is CC(Cn1ccc(-c2ccc(C#N)c(Cl)c2)n1)NC(=O)c1csc(N2CCOCC2)n1. The molecule has 1 aromatic carbocycles. The van der Waals surface area contributed by atoms with Crippen molar-refractivity contribution in [2.75, 3.05) is 31.2 Å². The van der Waals surface area contributed by atoms with E-state index in [1.807, 2.05) is 31.3 Å².